The van der Waals surface area contributed by atoms with Crippen LogP contribution >= 0.6 is 27.3 Å². The summed E-state index contributed by atoms with van der Waals surface area (Å²) in [5.74, 6) is -0.234. The van der Waals surface area contributed by atoms with Crippen LogP contribution in [0.1, 0.15) is 16.1 Å². The number of rotatable bonds is 3. The summed E-state index contributed by atoms with van der Waals surface area (Å²) in [6.45, 7) is 1.82. The second-order valence-corrected chi connectivity index (χ2v) is 6.29. The summed E-state index contributed by atoms with van der Waals surface area (Å²) >= 11 is 4.72. The summed E-state index contributed by atoms with van der Waals surface area (Å²) in [5.41, 5.74) is 4.57. The van der Waals surface area contributed by atoms with Crippen molar-refractivity contribution in [1.29, 1.82) is 0 Å². The van der Waals surface area contributed by atoms with Gasteiger partial charge in [-0.3, -0.25) is 15.1 Å². The minimum atomic E-state index is -0.234. The zero-order valence-corrected chi connectivity index (χ0v) is 14.0. The van der Waals surface area contributed by atoms with Gasteiger partial charge in [0, 0.05) is 10.0 Å². The van der Waals surface area contributed by atoms with E-state index in [-0.39, 0.29) is 5.91 Å². The van der Waals surface area contributed by atoms with Gasteiger partial charge in [0.1, 0.15) is 5.51 Å². The van der Waals surface area contributed by atoms with E-state index in [1.54, 1.807) is 11.6 Å². The molecule has 2 aromatic heterocycles. The van der Waals surface area contributed by atoms with Gasteiger partial charge in [-0.05, 0) is 31.2 Å². The quantitative estimate of drug-likeness (QED) is 0.754. The topological polar surface area (TPSA) is 67.8 Å². The maximum Gasteiger partial charge on any atom is 0.259 e. The number of carbonyl (C=O) groups is 1. The fourth-order valence-electron chi connectivity index (χ4n) is 2.00. The molecule has 3 aromatic rings. The van der Waals surface area contributed by atoms with E-state index >= 15 is 0 Å². The lowest BCUT2D eigenvalue weighted by molar-refractivity contribution is 0.102. The Balaban J connectivity index is 1.87. The lowest BCUT2D eigenvalue weighted by Gasteiger charge is -2.07. The van der Waals surface area contributed by atoms with Crippen molar-refractivity contribution < 1.29 is 4.79 Å². The van der Waals surface area contributed by atoms with Crippen LogP contribution in [-0.4, -0.2) is 21.1 Å². The Morgan fingerprint density at radius 1 is 1.27 bits per heavy atom. The molecule has 3 rings (SSSR count). The van der Waals surface area contributed by atoms with Gasteiger partial charge in [-0.15, -0.1) is 10.2 Å². The minimum absolute atomic E-state index is 0.234. The van der Waals surface area contributed by atoms with Gasteiger partial charge < -0.3 is 0 Å². The maximum absolute atomic E-state index is 12.2. The van der Waals surface area contributed by atoms with Crippen LogP contribution in [0.2, 0.25) is 0 Å². The predicted octanol–water partition coefficient (Wildman–Crippen LogP) is 3.92. The first-order valence-electron chi connectivity index (χ1n) is 6.44. The molecule has 0 saturated carbocycles. The van der Waals surface area contributed by atoms with Crippen molar-refractivity contribution in [3.8, 4) is 11.3 Å². The van der Waals surface area contributed by atoms with Crippen LogP contribution in [0.25, 0.3) is 11.3 Å². The van der Waals surface area contributed by atoms with Gasteiger partial charge in [0.25, 0.3) is 5.91 Å². The average Bonchev–Trinajstić information content (AvgIpc) is 3.00. The van der Waals surface area contributed by atoms with E-state index in [1.165, 1.54) is 11.3 Å². The molecule has 2 heterocycles. The van der Waals surface area contributed by atoms with Gasteiger partial charge in [0.15, 0.2) is 0 Å². The highest BCUT2D eigenvalue weighted by Crippen LogP contribution is 2.23. The minimum Gasteiger partial charge on any atom is -0.296 e. The molecule has 0 aliphatic carbocycles. The molecule has 0 bridgehead atoms. The molecule has 1 N–H and O–H groups in total. The van der Waals surface area contributed by atoms with E-state index < -0.39 is 0 Å². The van der Waals surface area contributed by atoms with Gasteiger partial charge in [0.05, 0.1) is 17.0 Å². The van der Waals surface area contributed by atoms with Crippen LogP contribution in [-0.2, 0) is 0 Å². The fraction of sp³-hybridized carbons (Fsp3) is 0.0667. The van der Waals surface area contributed by atoms with Gasteiger partial charge in [-0.25, -0.2) is 0 Å². The Bertz CT molecular complexity index is 820. The highest BCUT2D eigenvalue weighted by Gasteiger charge is 2.13. The molecular formula is C15H11BrN4OS. The van der Waals surface area contributed by atoms with Crippen LogP contribution in [0.4, 0.5) is 5.13 Å². The first-order valence-corrected chi connectivity index (χ1v) is 8.12. The molecule has 22 heavy (non-hydrogen) atoms. The standard InChI is InChI=1S/C15H11BrN4OS/c1-9-12(14(21)19-15-20-17-8-22-15)5-6-13(18-9)10-3-2-4-11(16)7-10/h2-8H,1H3,(H,19,20,21). The third-order valence-electron chi connectivity index (χ3n) is 3.03. The molecule has 1 aromatic carbocycles. The molecule has 110 valence electrons. The van der Waals surface area contributed by atoms with Gasteiger partial charge in [0.2, 0.25) is 5.13 Å². The Hall–Kier alpha value is -2.12. The Morgan fingerprint density at radius 2 is 2.14 bits per heavy atom. The van der Waals surface area contributed by atoms with Crippen LogP contribution in [0, 0.1) is 6.92 Å². The predicted molar refractivity (Wildman–Crippen MR) is 90.0 cm³/mol. The monoisotopic (exact) mass is 374 g/mol. The summed E-state index contributed by atoms with van der Waals surface area (Å²) in [6, 6.07) is 11.5. The molecule has 0 unspecified atom stereocenters. The van der Waals surface area contributed by atoms with E-state index in [0.29, 0.717) is 16.4 Å². The SMILES string of the molecule is Cc1nc(-c2cccc(Br)c2)ccc1C(=O)Nc1nncs1. The number of hydrogen-bond donors (Lipinski definition) is 1. The molecule has 0 aliphatic heterocycles. The number of aryl methyl sites for hydroxylation is 1. The number of anilines is 1. The molecule has 5 nitrogen and oxygen atoms in total. The third-order valence-corrected chi connectivity index (χ3v) is 4.13. The number of amides is 1. The summed E-state index contributed by atoms with van der Waals surface area (Å²) in [5, 5.41) is 10.7. The van der Waals surface area contributed by atoms with Crippen molar-refractivity contribution in [2.45, 2.75) is 6.92 Å². The molecule has 7 heteroatoms. The molecule has 0 radical (unpaired) electrons. The third kappa shape index (κ3) is 3.20. The molecule has 0 spiro atoms. The first kappa shape index (κ1) is 14.8. The van der Waals surface area contributed by atoms with Gasteiger partial charge in [-0.2, -0.15) is 0 Å². The number of hydrogen-bond acceptors (Lipinski definition) is 5. The summed E-state index contributed by atoms with van der Waals surface area (Å²) in [4.78, 5) is 16.7. The highest BCUT2D eigenvalue weighted by molar-refractivity contribution is 9.10. The largest absolute Gasteiger partial charge is 0.296 e. The second-order valence-electron chi connectivity index (χ2n) is 4.54. The Kier molecular flexibility index (Phi) is 4.26. The van der Waals surface area contributed by atoms with Crippen molar-refractivity contribution >= 4 is 38.3 Å². The van der Waals surface area contributed by atoms with Crippen molar-refractivity contribution in [3.63, 3.8) is 0 Å². The molecule has 1 amide bonds. The van der Waals surface area contributed by atoms with E-state index in [4.69, 9.17) is 0 Å². The van der Waals surface area contributed by atoms with Crippen molar-refractivity contribution in [3.05, 3.63) is 57.6 Å². The van der Waals surface area contributed by atoms with E-state index in [0.717, 1.165) is 15.7 Å². The number of nitrogens with one attached hydrogen (secondary N) is 1. The van der Waals surface area contributed by atoms with Crippen LogP contribution < -0.4 is 5.32 Å². The number of aromatic nitrogens is 3. The Labute approximate surface area is 139 Å². The number of nitrogens with zero attached hydrogens (tertiary/aromatic N) is 3. The van der Waals surface area contributed by atoms with E-state index in [1.807, 2.05) is 37.3 Å². The molecule has 0 atom stereocenters. The summed E-state index contributed by atoms with van der Waals surface area (Å²) < 4.78 is 0.988. The zero-order valence-electron chi connectivity index (χ0n) is 11.6. The maximum atomic E-state index is 12.2. The normalized spacial score (nSPS) is 10.5. The lowest BCUT2D eigenvalue weighted by Crippen LogP contribution is -2.14. The Morgan fingerprint density at radius 3 is 2.82 bits per heavy atom. The van der Waals surface area contributed by atoms with Crippen molar-refractivity contribution in [1.82, 2.24) is 15.2 Å². The fourth-order valence-corrected chi connectivity index (χ4v) is 2.84. The molecule has 0 aliphatic rings. The smallest absolute Gasteiger partial charge is 0.259 e. The van der Waals surface area contributed by atoms with Crippen LogP contribution in [0.15, 0.2) is 46.4 Å². The van der Waals surface area contributed by atoms with E-state index in [2.05, 4.69) is 36.4 Å². The van der Waals surface area contributed by atoms with Gasteiger partial charge >= 0.3 is 0 Å². The first-order chi connectivity index (χ1) is 10.6. The average molecular weight is 375 g/mol. The summed E-state index contributed by atoms with van der Waals surface area (Å²) in [6.07, 6.45) is 0. The zero-order chi connectivity index (χ0) is 15.5. The van der Waals surface area contributed by atoms with Crippen molar-refractivity contribution in [2.75, 3.05) is 5.32 Å². The number of halogens is 1. The number of carbonyl (C=O) groups excluding carboxylic acids is 1. The summed E-state index contributed by atoms with van der Waals surface area (Å²) in [7, 11) is 0. The number of benzene rings is 1. The molecule has 0 saturated heterocycles. The molecular weight excluding hydrogens is 364 g/mol. The molecule has 0 fully saturated rings. The van der Waals surface area contributed by atoms with Crippen LogP contribution in [0.3, 0.4) is 0 Å². The second kappa shape index (κ2) is 6.33. The number of pyridine rings is 1. The van der Waals surface area contributed by atoms with Gasteiger partial charge in [-0.1, -0.05) is 39.4 Å². The lowest BCUT2D eigenvalue weighted by atomic mass is 10.1. The van der Waals surface area contributed by atoms with Crippen molar-refractivity contribution in [2.24, 2.45) is 0 Å². The van der Waals surface area contributed by atoms with Crippen LogP contribution in [0.5, 0.6) is 0 Å². The highest BCUT2D eigenvalue weighted by atomic mass is 79.9. The van der Waals surface area contributed by atoms with E-state index in [9.17, 15) is 4.79 Å².